The maximum Gasteiger partial charge on any atom is 0.359 e. The molecule has 2 atom stereocenters. The number of β-lactam (4-membered cyclic amide) rings is 1. The van der Waals surface area contributed by atoms with Crippen molar-refractivity contribution in [2.45, 2.75) is 46.2 Å². The lowest BCUT2D eigenvalue weighted by Gasteiger charge is -2.43. The lowest BCUT2D eigenvalue weighted by Crippen LogP contribution is -2.58. The van der Waals surface area contributed by atoms with Gasteiger partial charge in [-0.15, -0.1) is 0 Å². The summed E-state index contributed by atoms with van der Waals surface area (Å²) in [6.07, 6.45) is 0.470. The number of non-ortho nitro benzene ring substituents is 1. The first-order chi connectivity index (χ1) is 17.4. The standard InChI is InChI=1S/C26H27ClN2O7S/c1-5-19-21(27)28(22(19)30)20(23(31)35-15-16-11-13-17(14-12-16)29(33)34)24(37-25(32)26(2,3)4)36-18-9-7-6-8-10-18/h6-14,19,21H,5,15H2,1-4H3. The first-order valence-corrected chi connectivity index (χ1v) is 12.8. The summed E-state index contributed by atoms with van der Waals surface area (Å²) in [4.78, 5) is 50.8. The molecule has 2 aromatic carbocycles. The van der Waals surface area contributed by atoms with Crippen LogP contribution >= 0.6 is 23.4 Å². The van der Waals surface area contributed by atoms with Crippen molar-refractivity contribution in [3.8, 4) is 5.75 Å². The molecule has 1 amide bonds. The molecule has 0 bridgehead atoms. The number of carbonyl (C=O) groups excluding carboxylic acids is 3. The SMILES string of the molecule is CCC1C(=O)N(C(C(=O)OCc2ccc([N+](=O)[O-])cc2)=C(Oc2ccccc2)SC(=O)C(C)(C)C)C1Cl. The third-order valence-corrected chi connectivity index (χ3v) is 7.23. The molecule has 0 radical (unpaired) electrons. The van der Waals surface area contributed by atoms with Crippen LogP contribution in [0.15, 0.2) is 65.4 Å². The highest BCUT2D eigenvalue weighted by Crippen LogP contribution is 2.41. The molecule has 1 aliphatic heterocycles. The van der Waals surface area contributed by atoms with Gasteiger partial charge >= 0.3 is 5.97 Å². The van der Waals surface area contributed by atoms with Gasteiger partial charge in [-0.3, -0.25) is 24.6 Å². The molecule has 1 fully saturated rings. The number of esters is 1. The van der Waals surface area contributed by atoms with Crippen LogP contribution in [0.25, 0.3) is 0 Å². The number of thioether (sulfide) groups is 1. The molecule has 1 saturated heterocycles. The predicted octanol–water partition coefficient (Wildman–Crippen LogP) is 5.63. The summed E-state index contributed by atoms with van der Waals surface area (Å²) in [5.41, 5.74) is -1.50. The second-order valence-electron chi connectivity index (χ2n) is 9.29. The van der Waals surface area contributed by atoms with Crippen LogP contribution in [0.4, 0.5) is 5.69 Å². The van der Waals surface area contributed by atoms with E-state index in [0.717, 1.165) is 4.90 Å². The van der Waals surface area contributed by atoms with Gasteiger partial charge in [0.15, 0.2) is 10.8 Å². The van der Waals surface area contributed by atoms with Crippen LogP contribution < -0.4 is 4.74 Å². The number of nitro groups is 1. The Balaban J connectivity index is 2.01. The number of ether oxygens (including phenoxy) is 2. The maximum absolute atomic E-state index is 13.4. The van der Waals surface area contributed by atoms with E-state index in [9.17, 15) is 24.5 Å². The highest BCUT2D eigenvalue weighted by molar-refractivity contribution is 8.16. The van der Waals surface area contributed by atoms with Gasteiger partial charge in [-0.25, -0.2) is 4.79 Å². The molecule has 0 saturated carbocycles. The first kappa shape index (κ1) is 28.2. The van der Waals surface area contributed by atoms with E-state index in [1.807, 2.05) is 6.92 Å². The van der Waals surface area contributed by atoms with Crippen LogP contribution in [0.3, 0.4) is 0 Å². The molecule has 1 heterocycles. The number of hydrogen-bond acceptors (Lipinski definition) is 8. The Labute approximate surface area is 223 Å². The Hall–Kier alpha value is -3.37. The van der Waals surface area contributed by atoms with Gasteiger partial charge in [0.2, 0.25) is 11.0 Å². The second-order valence-corrected chi connectivity index (χ2v) is 10.7. The number of likely N-dealkylation sites (tertiary alicyclic amines) is 1. The van der Waals surface area contributed by atoms with Gasteiger partial charge in [-0.2, -0.15) is 0 Å². The van der Waals surface area contributed by atoms with Crippen molar-refractivity contribution >= 4 is 46.0 Å². The van der Waals surface area contributed by atoms with Crippen LogP contribution in [-0.4, -0.2) is 32.3 Å². The van der Waals surface area contributed by atoms with E-state index in [1.54, 1.807) is 51.1 Å². The van der Waals surface area contributed by atoms with E-state index in [0.29, 0.717) is 29.5 Å². The molecule has 196 valence electrons. The fourth-order valence-electron chi connectivity index (χ4n) is 3.28. The molecule has 0 spiro atoms. The van der Waals surface area contributed by atoms with Gasteiger partial charge in [0.25, 0.3) is 5.69 Å². The van der Waals surface area contributed by atoms with Gasteiger partial charge in [0.1, 0.15) is 17.9 Å². The van der Waals surface area contributed by atoms with Crippen molar-refractivity contribution in [3.05, 3.63) is 81.1 Å². The Morgan fingerprint density at radius 2 is 1.73 bits per heavy atom. The number of hydrogen-bond donors (Lipinski definition) is 0. The van der Waals surface area contributed by atoms with E-state index < -0.39 is 27.7 Å². The monoisotopic (exact) mass is 546 g/mol. The number of amides is 1. The van der Waals surface area contributed by atoms with E-state index in [-0.39, 0.29) is 34.1 Å². The smallest absolute Gasteiger partial charge is 0.359 e. The Morgan fingerprint density at radius 3 is 2.24 bits per heavy atom. The summed E-state index contributed by atoms with van der Waals surface area (Å²) < 4.78 is 11.4. The van der Waals surface area contributed by atoms with E-state index in [1.165, 1.54) is 24.3 Å². The van der Waals surface area contributed by atoms with Crippen LogP contribution in [0, 0.1) is 21.4 Å². The number of alkyl halides is 1. The minimum absolute atomic E-state index is 0.104. The molecule has 0 aliphatic carbocycles. The van der Waals surface area contributed by atoms with Crippen LogP contribution in [0.5, 0.6) is 5.75 Å². The third-order valence-electron chi connectivity index (χ3n) is 5.47. The topological polar surface area (TPSA) is 116 Å². The highest BCUT2D eigenvalue weighted by Gasteiger charge is 2.50. The largest absolute Gasteiger partial charge is 0.456 e. The number of carbonyl (C=O) groups is 3. The van der Waals surface area contributed by atoms with Crippen molar-refractivity contribution < 1.29 is 28.8 Å². The highest BCUT2D eigenvalue weighted by atomic mass is 35.5. The average Bonchev–Trinajstić information content (AvgIpc) is 2.86. The zero-order chi connectivity index (χ0) is 27.3. The van der Waals surface area contributed by atoms with Gasteiger partial charge in [-0.1, -0.05) is 57.5 Å². The number of nitro benzene ring substituents is 1. The zero-order valence-corrected chi connectivity index (χ0v) is 22.4. The summed E-state index contributed by atoms with van der Waals surface area (Å²) in [6.45, 7) is 6.75. The Kier molecular flexibility index (Phi) is 8.98. The van der Waals surface area contributed by atoms with E-state index >= 15 is 0 Å². The summed E-state index contributed by atoms with van der Waals surface area (Å²) >= 11 is 7.19. The van der Waals surface area contributed by atoms with Gasteiger partial charge in [0.05, 0.1) is 10.8 Å². The molecule has 2 aromatic rings. The summed E-state index contributed by atoms with van der Waals surface area (Å²) in [6, 6.07) is 14.0. The number of halogens is 1. The molecule has 9 nitrogen and oxygen atoms in total. The molecule has 11 heteroatoms. The fraction of sp³-hybridized carbons (Fsp3) is 0.346. The van der Waals surface area contributed by atoms with Crippen LogP contribution in [0.1, 0.15) is 39.7 Å². The molecule has 0 N–H and O–H groups in total. The Bertz CT molecular complexity index is 1210. The molecule has 37 heavy (non-hydrogen) atoms. The van der Waals surface area contributed by atoms with Crippen molar-refractivity contribution in [3.63, 3.8) is 0 Å². The predicted molar refractivity (Wildman–Crippen MR) is 139 cm³/mol. The summed E-state index contributed by atoms with van der Waals surface area (Å²) in [7, 11) is 0. The quantitative estimate of drug-likeness (QED) is 0.0581. The third kappa shape index (κ3) is 6.69. The van der Waals surface area contributed by atoms with Crippen LogP contribution in [0.2, 0.25) is 0 Å². The normalized spacial score (nSPS) is 18.0. The Morgan fingerprint density at radius 1 is 1.11 bits per heavy atom. The summed E-state index contributed by atoms with van der Waals surface area (Å²) in [5, 5.41) is 10.5. The van der Waals surface area contributed by atoms with Crippen molar-refractivity contribution in [1.82, 2.24) is 4.90 Å². The van der Waals surface area contributed by atoms with Crippen LogP contribution in [-0.2, 0) is 25.7 Å². The second kappa shape index (κ2) is 11.8. The fourth-order valence-corrected chi connectivity index (χ4v) is 4.65. The summed E-state index contributed by atoms with van der Waals surface area (Å²) in [5.74, 6) is -1.46. The lowest BCUT2D eigenvalue weighted by atomic mass is 9.94. The molecule has 2 unspecified atom stereocenters. The first-order valence-electron chi connectivity index (χ1n) is 11.5. The minimum Gasteiger partial charge on any atom is -0.456 e. The molecular weight excluding hydrogens is 520 g/mol. The van der Waals surface area contributed by atoms with Gasteiger partial charge < -0.3 is 9.47 Å². The van der Waals surface area contributed by atoms with Crippen molar-refractivity contribution in [2.24, 2.45) is 11.3 Å². The van der Waals surface area contributed by atoms with Gasteiger partial charge in [-0.05, 0) is 48.0 Å². The number of rotatable bonds is 9. The maximum atomic E-state index is 13.4. The van der Waals surface area contributed by atoms with E-state index in [2.05, 4.69) is 0 Å². The molecule has 3 rings (SSSR count). The molecule has 1 aliphatic rings. The zero-order valence-electron chi connectivity index (χ0n) is 20.8. The van der Waals surface area contributed by atoms with Gasteiger partial charge in [0, 0.05) is 17.5 Å². The number of nitrogens with zero attached hydrogens (tertiary/aromatic N) is 2. The molecular formula is C26H27ClN2O7S. The molecule has 0 aromatic heterocycles. The number of benzene rings is 2. The van der Waals surface area contributed by atoms with E-state index in [4.69, 9.17) is 21.1 Å². The van der Waals surface area contributed by atoms with Crippen molar-refractivity contribution in [2.75, 3.05) is 0 Å². The average molecular weight is 547 g/mol. The minimum atomic E-state index is -0.924. The van der Waals surface area contributed by atoms with Crippen molar-refractivity contribution in [1.29, 1.82) is 0 Å². The number of para-hydroxylation sites is 1. The lowest BCUT2D eigenvalue weighted by molar-refractivity contribution is -0.384.